The summed E-state index contributed by atoms with van der Waals surface area (Å²) in [4.78, 5) is 24.9. The molecule has 2 N–H and O–H groups in total. The smallest absolute Gasteiger partial charge is 0.239 e. The van der Waals surface area contributed by atoms with Crippen molar-refractivity contribution in [2.24, 2.45) is 0 Å². The average molecular weight is 366 g/mol. The van der Waals surface area contributed by atoms with Gasteiger partial charge in [0.2, 0.25) is 18.6 Å². The monoisotopic (exact) mass is 366 g/mol. The van der Waals surface area contributed by atoms with Gasteiger partial charge in [-0.1, -0.05) is 6.07 Å². The first-order chi connectivity index (χ1) is 13.2. The Labute approximate surface area is 155 Å². The molecule has 1 aliphatic rings. The molecule has 27 heavy (non-hydrogen) atoms. The van der Waals surface area contributed by atoms with Gasteiger partial charge in [0.05, 0.1) is 6.54 Å². The predicted molar refractivity (Wildman–Crippen MR) is 96.8 cm³/mol. The predicted octanol–water partition coefficient (Wildman–Crippen LogP) is 1.43. The SMILES string of the molecule is Cc1cc(NCC(=O)NCc2ccc3c(c2)OCO3)nc(-n2ccnc2)n1. The fourth-order valence-electron chi connectivity index (χ4n) is 2.62. The van der Waals surface area contributed by atoms with Crippen molar-refractivity contribution in [2.75, 3.05) is 18.7 Å². The van der Waals surface area contributed by atoms with Crippen molar-refractivity contribution in [1.29, 1.82) is 0 Å². The Morgan fingerprint density at radius 3 is 2.96 bits per heavy atom. The second-order valence-corrected chi connectivity index (χ2v) is 5.98. The Morgan fingerprint density at radius 2 is 2.11 bits per heavy atom. The minimum atomic E-state index is -0.145. The van der Waals surface area contributed by atoms with Crippen LogP contribution < -0.4 is 20.1 Å². The van der Waals surface area contributed by atoms with Gasteiger partial charge in [-0.15, -0.1) is 0 Å². The normalized spacial score (nSPS) is 12.0. The number of aromatic nitrogens is 4. The van der Waals surface area contributed by atoms with Gasteiger partial charge in [0.1, 0.15) is 12.1 Å². The van der Waals surface area contributed by atoms with Crippen LogP contribution in [0.15, 0.2) is 43.0 Å². The zero-order chi connectivity index (χ0) is 18.6. The largest absolute Gasteiger partial charge is 0.454 e. The number of nitrogens with one attached hydrogen (secondary N) is 2. The molecule has 3 heterocycles. The first-order valence-corrected chi connectivity index (χ1v) is 8.40. The van der Waals surface area contributed by atoms with Gasteiger partial charge in [-0.05, 0) is 24.6 Å². The van der Waals surface area contributed by atoms with Crippen molar-refractivity contribution in [3.63, 3.8) is 0 Å². The molecule has 0 radical (unpaired) electrons. The highest BCUT2D eigenvalue weighted by atomic mass is 16.7. The van der Waals surface area contributed by atoms with E-state index < -0.39 is 0 Å². The van der Waals surface area contributed by atoms with Crippen molar-refractivity contribution >= 4 is 11.7 Å². The van der Waals surface area contributed by atoms with E-state index in [1.165, 1.54) is 0 Å². The van der Waals surface area contributed by atoms with Gasteiger partial charge in [-0.2, -0.15) is 4.98 Å². The van der Waals surface area contributed by atoms with Crippen LogP contribution in [-0.4, -0.2) is 38.8 Å². The van der Waals surface area contributed by atoms with Crippen LogP contribution in [0, 0.1) is 6.92 Å². The van der Waals surface area contributed by atoms with E-state index in [1.807, 2.05) is 25.1 Å². The lowest BCUT2D eigenvalue weighted by Gasteiger charge is -2.10. The highest BCUT2D eigenvalue weighted by molar-refractivity contribution is 5.80. The van der Waals surface area contributed by atoms with E-state index in [4.69, 9.17) is 9.47 Å². The molecular formula is C18H18N6O3. The van der Waals surface area contributed by atoms with Gasteiger partial charge in [-0.25, -0.2) is 9.97 Å². The molecule has 0 spiro atoms. The van der Waals surface area contributed by atoms with E-state index in [0.29, 0.717) is 24.1 Å². The number of anilines is 1. The number of nitrogens with zero attached hydrogens (tertiary/aromatic N) is 4. The molecule has 3 aromatic rings. The number of hydrogen-bond donors (Lipinski definition) is 2. The molecular weight excluding hydrogens is 348 g/mol. The quantitative estimate of drug-likeness (QED) is 0.680. The standard InChI is InChI=1S/C18H18N6O3/c1-12-6-16(23-18(22-12)24-5-4-19-10-24)20-9-17(25)21-8-13-2-3-14-15(7-13)27-11-26-14/h2-7,10H,8-9,11H2,1H3,(H,21,25)(H,20,22,23). The highest BCUT2D eigenvalue weighted by Gasteiger charge is 2.13. The van der Waals surface area contributed by atoms with Crippen LogP contribution in [-0.2, 0) is 11.3 Å². The van der Waals surface area contributed by atoms with Gasteiger partial charge in [0.25, 0.3) is 0 Å². The zero-order valence-electron chi connectivity index (χ0n) is 14.7. The molecule has 0 fully saturated rings. The molecule has 138 valence electrons. The number of aryl methyl sites for hydroxylation is 1. The molecule has 9 heteroatoms. The van der Waals surface area contributed by atoms with Gasteiger partial charge < -0.3 is 20.1 Å². The van der Waals surface area contributed by atoms with E-state index in [9.17, 15) is 4.79 Å². The molecule has 0 atom stereocenters. The van der Waals surface area contributed by atoms with E-state index in [-0.39, 0.29) is 19.2 Å². The Bertz CT molecular complexity index is 958. The Morgan fingerprint density at radius 1 is 1.22 bits per heavy atom. The maximum absolute atomic E-state index is 12.1. The Balaban J connectivity index is 1.33. The topological polar surface area (TPSA) is 103 Å². The number of carbonyl (C=O) groups is 1. The summed E-state index contributed by atoms with van der Waals surface area (Å²) in [6, 6.07) is 7.38. The molecule has 4 rings (SSSR count). The third kappa shape index (κ3) is 3.97. The molecule has 1 amide bonds. The number of carbonyl (C=O) groups excluding carboxylic acids is 1. The first kappa shape index (κ1) is 16.8. The molecule has 0 aliphatic carbocycles. The van der Waals surface area contributed by atoms with E-state index in [2.05, 4.69) is 25.6 Å². The number of amides is 1. The van der Waals surface area contributed by atoms with E-state index >= 15 is 0 Å². The van der Waals surface area contributed by atoms with Crippen LogP contribution in [0.25, 0.3) is 5.95 Å². The number of rotatable bonds is 6. The summed E-state index contributed by atoms with van der Waals surface area (Å²) in [6.45, 7) is 2.60. The minimum Gasteiger partial charge on any atom is -0.454 e. The second-order valence-electron chi connectivity index (χ2n) is 5.98. The molecule has 0 unspecified atom stereocenters. The third-order valence-corrected chi connectivity index (χ3v) is 3.93. The fourth-order valence-corrected chi connectivity index (χ4v) is 2.62. The molecule has 0 saturated heterocycles. The molecule has 0 saturated carbocycles. The second kappa shape index (κ2) is 7.32. The molecule has 0 bridgehead atoms. The number of hydrogen-bond acceptors (Lipinski definition) is 7. The third-order valence-electron chi connectivity index (χ3n) is 3.93. The molecule has 9 nitrogen and oxygen atoms in total. The fraction of sp³-hybridized carbons (Fsp3) is 0.222. The Hall–Kier alpha value is -3.62. The lowest BCUT2D eigenvalue weighted by atomic mass is 10.2. The van der Waals surface area contributed by atoms with Crippen molar-refractivity contribution in [3.05, 3.63) is 54.2 Å². The number of ether oxygens (including phenoxy) is 2. The summed E-state index contributed by atoms with van der Waals surface area (Å²) in [5, 5.41) is 5.88. The summed E-state index contributed by atoms with van der Waals surface area (Å²) in [5.74, 6) is 2.34. The van der Waals surface area contributed by atoms with Crippen molar-refractivity contribution < 1.29 is 14.3 Å². The van der Waals surface area contributed by atoms with Gasteiger partial charge in [0.15, 0.2) is 11.5 Å². The van der Waals surface area contributed by atoms with Crippen LogP contribution >= 0.6 is 0 Å². The van der Waals surface area contributed by atoms with E-state index in [0.717, 1.165) is 17.0 Å². The van der Waals surface area contributed by atoms with Gasteiger partial charge >= 0.3 is 0 Å². The van der Waals surface area contributed by atoms with Crippen LogP contribution in [0.3, 0.4) is 0 Å². The average Bonchev–Trinajstić information content (AvgIpc) is 3.35. The summed E-state index contributed by atoms with van der Waals surface area (Å²) in [5.41, 5.74) is 1.73. The van der Waals surface area contributed by atoms with Crippen LogP contribution in [0.1, 0.15) is 11.3 Å². The van der Waals surface area contributed by atoms with Crippen LogP contribution in [0.4, 0.5) is 5.82 Å². The summed E-state index contributed by atoms with van der Waals surface area (Å²) in [6.07, 6.45) is 5.04. The minimum absolute atomic E-state index is 0.102. The highest BCUT2D eigenvalue weighted by Crippen LogP contribution is 2.32. The van der Waals surface area contributed by atoms with Gasteiger partial charge in [0, 0.05) is 30.7 Å². The summed E-state index contributed by atoms with van der Waals surface area (Å²) in [7, 11) is 0. The summed E-state index contributed by atoms with van der Waals surface area (Å²) < 4.78 is 12.3. The zero-order valence-corrected chi connectivity index (χ0v) is 14.7. The maximum atomic E-state index is 12.1. The van der Waals surface area contributed by atoms with Crippen LogP contribution in [0.5, 0.6) is 11.5 Å². The van der Waals surface area contributed by atoms with Crippen LogP contribution in [0.2, 0.25) is 0 Å². The van der Waals surface area contributed by atoms with Crippen molar-refractivity contribution in [2.45, 2.75) is 13.5 Å². The lowest BCUT2D eigenvalue weighted by Crippen LogP contribution is -2.29. The first-order valence-electron chi connectivity index (χ1n) is 8.40. The van der Waals surface area contributed by atoms with Crippen molar-refractivity contribution in [3.8, 4) is 17.4 Å². The molecule has 1 aromatic carbocycles. The number of benzene rings is 1. The molecule has 2 aromatic heterocycles. The number of fused-ring (bicyclic) bond motifs is 1. The Kier molecular flexibility index (Phi) is 4.56. The summed E-state index contributed by atoms with van der Waals surface area (Å²) >= 11 is 0. The lowest BCUT2D eigenvalue weighted by molar-refractivity contribution is -0.119. The van der Waals surface area contributed by atoms with Crippen molar-refractivity contribution in [1.82, 2.24) is 24.8 Å². The number of imidazole rings is 1. The van der Waals surface area contributed by atoms with Gasteiger partial charge in [-0.3, -0.25) is 9.36 Å². The van der Waals surface area contributed by atoms with E-state index in [1.54, 1.807) is 29.4 Å². The maximum Gasteiger partial charge on any atom is 0.239 e. The molecule has 1 aliphatic heterocycles.